The molecule has 0 aromatic carbocycles. The molecule has 9 heteroatoms. The number of nitrogens with zero attached hydrogens (tertiary/aromatic N) is 6. The summed E-state index contributed by atoms with van der Waals surface area (Å²) in [5.74, 6) is 1.16. The lowest BCUT2D eigenvalue weighted by molar-refractivity contribution is -0.129. The second-order valence-corrected chi connectivity index (χ2v) is 6.69. The minimum Gasteiger partial charge on any atom is -0.364 e. The Balaban J connectivity index is 1.69. The first-order valence-corrected chi connectivity index (χ1v) is 8.48. The maximum Gasteiger partial charge on any atom is 0.228 e. The first-order valence-electron chi connectivity index (χ1n) is 8.48. The fourth-order valence-electron chi connectivity index (χ4n) is 3.06. The van der Waals surface area contributed by atoms with Gasteiger partial charge >= 0.3 is 0 Å². The van der Waals surface area contributed by atoms with E-state index in [9.17, 15) is 9.18 Å². The predicted molar refractivity (Wildman–Crippen MR) is 94.9 cm³/mol. The lowest BCUT2D eigenvalue weighted by atomic mass is 10.2. The smallest absolute Gasteiger partial charge is 0.228 e. The maximum absolute atomic E-state index is 14.1. The number of likely N-dealkylation sites (N-methyl/N-ethyl adjacent to an activating group) is 1. The van der Waals surface area contributed by atoms with Gasteiger partial charge in [0.05, 0.1) is 24.7 Å². The fourth-order valence-corrected chi connectivity index (χ4v) is 3.06. The van der Waals surface area contributed by atoms with Crippen molar-refractivity contribution in [1.29, 1.82) is 0 Å². The summed E-state index contributed by atoms with van der Waals surface area (Å²) < 4.78 is 18.9. The van der Waals surface area contributed by atoms with Gasteiger partial charge in [-0.2, -0.15) is 4.98 Å². The minimum absolute atomic E-state index is 0.0853. The summed E-state index contributed by atoms with van der Waals surface area (Å²) in [7, 11) is 5.43. The van der Waals surface area contributed by atoms with Crippen molar-refractivity contribution in [2.45, 2.75) is 25.1 Å². The molecular weight excluding hydrogens is 339 g/mol. The van der Waals surface area contributed by atoms with Crippen LogP contribution in [0, 0.1) is 0 Å². The summed E-state index contributed by atoms with van der Waals surface area (Å²) in [6, 6.07) is 3.30. The average Bonchev–Trinajstić information content (AvgIpc) is 3.24. The van der Waals surface area contributed by atoms with Crippen molar-refractivity contribution in [3.63, 3.8) is 0 Å². The summed E-state index contributed by atoms with van der Waals surface area (Å²) in [6.07, 6.45) is 2.68. The van der Waals surface area contributed by atoms with E-state index in [1.807, 2.05) is 19.0 Å². The second kappa shape index (κ2) is 7.67. The molecule has 0 radical (unpaired) electrons. The first kappa shape index (κ1) is 18.1. The Labute approximate surface area is 151 Å². The van der Waals surface area contributed by atoms with E-state index in [4.69, 9.17) is 4.52 Å². The molecule has 1 aliphatic heterocycles. The van der Waals surface area contributed by atoms with Gasteiger partial charge in [-0.3, -0.25) is 4.79 Å². The van der Waals surface area contributed by atoms with E-state index in [1.54, 1.807) is 35.2 Å². The number of hydrogen-bond acceptors (Lipinski definition) is 7. The summed E-state index contributed by atoms with van der Waals surface area (Å²) in [6.45, 7) is 0.679. The van der Waals surface area contributed by atoms with Crippen molar-refractivity contribution >= 4 is 17.7 Å². The van der Waals surface area contributed by atoms with Gasteiger partial charge in [0.2, 0.25) is 11.9 Å². The average molecular weight is 362 g/mol. The third kappa shape index (κ3) is 4.09. The van der Waals surface area contributed by atoms with Crippen molar-refractivity contribution in [2.75, 3.05) is 44.0 Å². The zero-order valence-corrected chi connectivity index (χ0v) is 15.2. The van der Waals surface area contributed by atoms with Crippen LogP contribution in [0.15, 0.2) is 29.1 Å². The maximum atomic E-state index is 14.1. The van der Waals surface area contributed by atoms with Crippen molar-refractivity contribution in [1.82, 2.24) is 20.0 Å². The topological polar surface area (TPSA) is 78.6 Å². The number of amides is 1. The van der Waals surface area contributed by atoms with Gasteiger partial charge in [0.25, 0.3) is 0 Å². The Morgan fingerprint density at radius 3 is 2.88 bits per heavy atom. The number of hydrogen-bond donors (Lipinski definition) is 0. The van der Waals surface area contributed by atoms with E-state index in [1.165, 1.54) is 6.26 Å². The predicted octanol–water partition coefficient (Wildman–Crippen LogP) is 1.15. The molecule has 2 aromatic heterocycles. The highest BCUT2D eigenvalue weighted by Crippen LogP contribution is 2.27. The third-order valence-electron chi connectivity index (χ3n) is 4.42. The number of alkyl halides is 1. The molecular formula is C17H23FN6O2. The molecule has 0 unspecified atom stereocenters. The Hall–Kier alpha value is -2.71. The number of anilines is 2. The molecule has 1 saturated heterocycles. The molecule has 1 fully saturated rings. The van der Waals surface area contributed by atoms with Crippen LogP contribution in [-0.2, 0) is 11.2 Å². The summed E-state index contributed by atoms with van der Waals surface area (Å²) in [5, 5.41) is 3.76. The van der Waals surface area contributed by atoms with Gasteiger partial charge in [-0.25, -0.2) is 9.37 Å². The van der Waals surface area contributed by atoms with Gasteiger partial charge in [0, 0.05) is 46.4 Å². The van der Waals surface area contributed by atoms with Crippen LogP contribution in [0.4, 0.5) is 16.2 Å². The zero-order chi connectivity index (χ0) is 18.7. The zero-order valence-electron chi connectivity index (χ0n) is 15.2. The monoisotopic (exact) mass is 362 g/mol. The quantitative estimate of drug-likeness (QED) is 0.763. The highest BCUT2D eigenvalue weighted by Gasteiger charge is 2.34. The van der Waals surface area contributed by atoms with Crippen molar-refractivity contribution in [3.05, 3.63) is 30.3 Å². The van der Waals surface area contributed by atoms with E-state index in [-0.39, 0.29) is 24.9 Å². The fraction of sp³-hybridized carbons (Fsp3) is 0.529. The van der Waals surface area contributed by atoms with Crippen molar-refractivity contribution < 1.29 is 13.7 Å². The standard InChI is InChI=1S/C17H23FN6O2/c1-22(2)17-19-6-4-15(20-17)24-10-12(18)8-14(24)11-23(3)16(25)9-13-5-7-26-21-13/h4-7,12,14H,8-11H2,1-3H3/t12-,14-/m0/s1. The Morgan fingerprint density at radius 1 is 1.38 bits per heavy atom. The van der Waals surface area contributed by atoms with Gasteiger partial charge in [0.15, 0.2) is 0 Å². The number of rotatable bonds is 6. The molecule has 0 aliphatic carbocycles. The number of aromatic nitrogens is 3. The Bertz CT molecular complexity index is 739. The first-order chi connectivity index (χ1) is 12.4. The van der Waals surface area contributed by atoms with E-state index in [0.29, 0.717) is 30.4 Å². The van der Waals surface area contributed by atoms with Crippen LogP contribution in [0.2, 0.25) is 0 Å². The molecule has 2 atom stereocenters. The molecule has 1 aliphatic rings. The van der Waals surface area contributed by atoms with Crippen LogP contribution in [-0.4, -0.2) is 72.4 Å². The molecule has 8 nitrogen and oxygen atoms in total. The third-order valence-corrected chi connectivity index (χ3v) is 4.42. The normalized spacial score (nSPS) is 19.6. The highest BCUT2D eigenvalue weighted by atomic mass is 19.1. The summed E-state index contributed by atoms with van der Waals surface area (Å²) in [4.78, 5) is 26.4. The van der Waals surface area contributed by atoms with Gasteiger partial charge in [0.1, 0.15) is 18.3 Å². The van der Waals surface area contributed by atoms with Crippen molar-refractivity contribution in [2.24, 2.45) is 0 Å². The molecule has 3 heterocycles. The van der Waals surface area contributed by atoms with Crippen LogP contribution in [0.1, 0.15) is 12.1 Å². The molecule has 26 heavy (non-hydrogen) atoms. The van der Waals surface area contributed by atoms with Gasteiger partial charge in [-0.15, -0.1) is 0 Å². The Kier molecular flexibility index (Phi) is 5.34. The van der Waals surface area contributed by atoms with Crippen LogP contribution >= 0.6 is 0 Å². The number of halogens is 1. The Morgan fingerprint density at radius 2 is 2.19 bits per heavy atom. The highest BCUT2D eigenvalue weighted by molar-refractivity contribution is 5.78. The lowest BCUT2D eigenvalue weighted by Gasteiger charge is -2.29. The molecule has 0 N–H and O–H groups in total. The van der Waals surface area contributed by atoms with E-state index in [2.05, 4.69) is 15.1 Å². The van der Waals surface area contributed by atoms with Crippen LogP contribution < -0.4 is 9.80 Å². The molecule has 140 valence electrons. The number of carbonyl (C=O) groups is 1. The van der Waals surface area contributed by atoms with Gasteiger partial charge in [-0.1, -0.05) is 5.16 Å². The van der Waals surface area contributed by atoms with Crippen LogP contribution in [0.5, 0.6) is 0 Å². The van der Waals surface area contributed by atoms with Gasteiger partial charge < -0.3 is 19.2 Å². The molecule has 3 rings (SSSR count). The van der Waals surface area contributed by atoms with E-state index in [0.717, 1.165) is 0 Å². The molecule has 0 spiro atoms. The van der Waals surface area contributed by atoms with E-state index >= 15 is 0 Å². The second-order valence-electron chi connectivity index (χ2n) is 6.69. The SMILES string of the molecule is CN(C[C@@H]1C[C@H](F)CN1c1ccnc(N(C)C)n1)C(=O)Cc1ccon1. The van der Waals surface area contributed by atoms with Crippen molar-refractivity contribution in [3.8, 4) is 0 Å². The molecule has 0 bridgehead atoms. The van der Waals surface area contributed by atoms with Crippen LogP contribution in [0.3, 0.4) is 0 Å². The summed E-state index contributed by atoms with van der Waals surface area (Å²) >= 11 is 0. The lowest BCUT2D eigenvalue weighted by Crippen LogP contribution is -2.42. The number of carbonyl (C=O) groups excluding carboxylic acids is 1. The van der Waals surface area contributed by atoms with E-state index < -0.39 is 6.17 Å². The molecule has 1 amide bonds. The largest absolute Gasteiger partial charge is 0.364 e. The minimum atomic E-state index is -0.947. The molecule has 0 saturated carbocycles. The summed E-state index contributed by atoms with van der Waals surface area (Å²) in [5.41, 5.74) is 0.583. The molecule has 2 aromatic rings. The van der Waals surface area contributed by atoms with Crippen LogP contribution in [0.25, 0.3) is 0 Å². The van der Waals surface area contributed by atoms with Gasteiger partial charge in [-0.05, 0) is 6.07 Å².